The molecule has 0 aliphatic heterocycles. The first-order chi connectivity index (χ1) is 11.0. The van der Waals surface area contributed by atoms with Crippen molar-refractivity contribution in [2.45, 2.75) is 33.8 Å². The number of aryl methyl sites for hydroxylation is 3. The van der Waals surface area contributed by atoms with Crippen LogP contribution in [0.15, 0.2) is 36.4 Å². The SMILES string of the molecule is CCc1cc(C)c(OCc2ccccc2OC(=S)NC)cc1C. The molecule has 0 unspecified atom stereocenters. The van der Waals surface area contributed by atoms with Gasteiger partial charge in [0.05, 0.1) is 0 Å². The smallest absolute Gasteiger partial charge is 0.261 e. The summed E-state index contributed by atoms with van der Waals surface area (Å²) in [7, 11) is 1.74. The molecular formula is C19H23NO2S. The van der Waals surface area contributed by atoms with Crippen molar-refractivity contribution in [3.8, 4) is 11.5 Å². The van der Waals surface area contributed by atoms with Crippen LogP contribution >= 0.6 is 12.2 Å². The maximum absolute atomic E-state index is 6.02. The van der Waals surface area contributed by atoms with E-state index >= 15 is 0 Å². The molecule has 1 N–H and O–H groups in total. The fourth-order valence-corrected chi connectivity index (χ4v) is 2.50. The third-order valence-corrected chi connectivity index (χ3v) is 4.06. The van der Waals surface area contributed by atoms with Crippen LogP contribution in [0.5, 0.6) is 11.5 Å². The van der Waals surface area contributed by atoms with Crippen LogP contribution < -0.4 is 14.8 Å². The third kappa shape index (κ3) is 4.45. The highest BCUT2D eigenvalue weighted by molar-refractivity contribution is 7.80. The van der Waals surface area contributed by atoms with E-state index in [1.54, 1.807) is 7.05 Å². The average molecular weight is 329 g/mol. The van der Waals surface area contributed by atoms with E-state index < -0.39 is 0 Å². The lowest BCUT2D eigenvalue weighted by Gasteiger charge is -2.15. The van der Waals surface area contributed by atoms with Crippen LogP contribution in [0.2, 0.25) is 0 Å². The van der Waals surface area contributed by atoms with Crippen LogP contribution in [-0.4, -0.2) is 12.2 Å². The Kier molecular flexibility index (Phi) is 5.99. The molecule has 0 aromatic heterocycles. The molecule has 0 saturated heterocycles. The predicted octanol–water partition coefficient (Wildman–Crippen LogP) is 4.33. The summed E-state index contributed by atoms with van der Waals surface area (Å²) in [6.07, 6.45) is 1.03. The molecule has 2 aromatic rings. The minimum Gasteiger partial charge on any atom is -0.488 e. The monoisotopic (exact) mass is 329 g/mol. The van der Waals surface area contributed by atoms with Gasteiger partial charge >= 0.3 is 0 Å². The lowest BCUT2D eigenvalue weighted by atomic mass is 10.0. The highest BCUT2D eigenvalue weighted by Gasteiger charge is 2.09. The number of rotatable bonds is 5. The van der Waals surface area contributed by atoms with E-state index in [2.05, 4.69) is 38.2 Å². The first kappa shape index (κ1) is 17.3. The first-order valence-corrected chi connectivity index (χ1v) is 8.16. The minimum absolute atomic E-state index is 0.344. The normalized spacial score (nSPS) is 10.3. The number of thiocarbonyl (C=S) groups is 1. The van der Waals surface area contributed by atoms with Crippen molar-refractivity contribution in [1.82, 2.24) is 5.32 Å². The van der Waals surface area contributed by atoms with Gasteiger partial charge in [0.15, 0.2) is 0 Å². The largest absolute Gasteiger partial charge is 0.488 e. The summed E-state index contributed by atoms with van der Waals surface area (Å²) in [6, 6.07) is 12.1. The second-order valence-corrected chi connectivity index (χ2v) is 5.80. The molecule has 0 aliphatic rings. The number of hydrogen-bond acceptors (Lipinski definition) is 3. The average Bonchev–Trinajstić information content (AvgIpc) is 2.56. The van der Waals surface area contributed by atoms with E-state index in [0.717, 1.165) is 23.3 Å². The number of hydrogen-bond donors (Lipinski definition) is 1. The molecule has 122 valence electrons. The quantitative estimate of drug-likeness (QED) is 0.827. The summed E-state index contributed by atoms with van der Waals surface area (Å²) in [6.45, 7) is 6.80. The second-order valence-electron chi connectivity index (χ2n) is 5.43. The van der Waals surface area contributed by atoms with Gasteiger partial charge in [0, 0.05) is 12.6 Å². The van der Waals surface area contributed by atoms with Crippen molar-refractivity contribution in [2.24, 2.45) is 0 Å². The molecule has 23 heavy (non-hydrogen) atoms. The second kappa shape index (κ2) is 7.97. The molecule has 0 atom stereocenters. The molecule has 2 rings (SSSR count). The van der Waals surface area contributed by atoms with E-state index in [-0.39, 0.29) is 0 Å². The van der Waals surface area contributed by atoms with E-state index in [1.807, 2.05) is 24.3 Å². The van der Waals surface area contributed by atoms with E-state index in [0.29, 0.717) is 17.5 Å². The van der Waals surface area contributed by atoms with Gasteiger partial charge in [-0.1, -0.05) is 31.2 Å². The first-order valence-electron chi connectivity index (χ1n) is 7.75. The van der Waals surface area contributed by atoms with Gasteiger partial charge in [0.25, 0.3) is 5.17 Å². The lowest BCUT2D eigenvalue weighted by molar-refractivity contribution is 0.299. The zero-order valence-corrected chi connectivity index (χ0v) is 14.9. The molecule has 0 fully saturated rings. The van der Waals surface area contributed by atoms with Crippen LogP contribution in [0, 0.1) is 13.8 Å². The summed E-state index contributed by atoms with van der Waals surface area (Å²) in [4.78, 5) is 0. The number of para-hydroxylation sites is 1. The van der Waals surface area contributed by atoms with E-state index in [9.17, 15) is 0 Å². The lowest BCUT2D eigenvalue weighted by Crippen LogP contribution is -2.22. The number of benzene rings is 2. The Morgan fingerprint density at radius 1 is 1.04 bits per heavy atom. The maximum atomic E-state index is 6.02. The fraction of sp³-hybridized carbons (Fsp3) is 0.316. The van der Waals surface area contributed by atoms with Gasteiger partial charge in [0.2, 0.25) is 0 Å². The molecular weight excluding hydrogens is 306 g/mol. The molecule has 4 heteroatoms. The van der Waals surface area contributed by atoms with Crippen molar-refractivity contribution < 1.29 is 9.47 Å². The van der Waals surface area contributed by atoms with Gasteiger partial charge < -0.3 is 14.8 Å². The van der Waals surface area contributed by atoms with Crippen molar-refractivity contribution in [3.05, 3.63) is 58.7 Å². The predicted molar refractivity (Wildman–Crippen MR) is 98.4 cm³/mol. The topological polar surface area (TPSA) is 30.5 Å². The van der Waals surface area contributed by atoms with E-state index in [1.165, 1.54) is 11.1 Å². The molecule has 0 bridgehead atoms. The summed E-state index contributed by atoms with van der Waals surface area (Å²) < 4.78 is 11.6. The van der Waals surface area contributed by atoms with Crippen molar-refractivity contribution in [2.75, 3.05) is 7.05 Å². The zero-order valence-electron chi connectivity index (χ0n) is 14.1. The Labute approximate surface area is 143 Å². The zero-order chi connectivity index (χ0) is 16.8. The number of nitrogens with one attached hydrogen (secondary N) is 1. The Balaban J connectivity index is 2.15. The summed E-state index contributed by atoms with van der Waals surface area (Å²) in [5, 5.41) is 3.16. The van der Waals surface area contributed by atoms with Crippen LogP contribution in [-0.2, 0) is 13.0 Å². The van der Waals surface area contributed by atoms with Crippen molar-refractivity contribution in [3.63, 3.8) is 0 Å². The Morgan fingerprint density at radius 2 is 1.78 bits per heavy atom. The molecule has 2 aromatic carbocycles. The van der Waals surface area contributed by atoms with Crippen molar-refractivity contribution >= 4 is 17.4 Å². The van der Waals surface area contributed by atoms with Crippen LogP contribution in [0.4, 0.5) is 0 Å². The molecule has 0 radical (unpaired) electrons. The molecule has 0 spiro atoms. The third-order valence-electron chi connectivity index (χ3n) is 3.78. The van der Waals surface area contributed by atoms with Gasteiger partial charge in [-0.25, -0.2) is 0 Å². The van der Waals surface area contributed by atoms with Gasteiger partial charge in [-0.2, -0.15) is 0 Å². The summed E-state index contributed by atoms with van der Waals surface area (Å²) in [5.41, 5.74) is 4.73. The van der Waals surface area contributed by atoms with Gasteiger partial charge in [-0.15, -0.1) is 0 Å². The summed E-state index contributed by atoms with van der Waals surface area (Å²) >= 11 is 5.07. The molecule has 0 aliphatic carbocycles. The van der Waals surface area contributed by atoms with Gasteiger partial charge in [-0.05, 0) is 61.3 Å². The van der Waals surface area contributed by atoms with Crippen LogP contribution in [0.1, 0.15) is 29.2 Å². The summed E-state index contributed by atoms with van der Waals surface area (Å²) in [5.74, 6) is 1.62. The highest BCUT2D eigenvalue weighted by Crippen LogP contribution is 2.26. The molecule has 0 saturated carbocycles. The maximum Gasteiger partial charge on any atom is 0.261 e. The Morgan fingerprint density at radius 3 is 2.48 bits per heavy atom. The Bertz CT molecular complexity index is 698. The van der Waals surface area contributed by atoms with Gasteiger partial charge in [0.1, 0.15) is 18.1 Å². The van der Waals surface area contributed by atoms with E-state index in [4.69, 9.17) is 21.7 Å². The highest BCUT2D eigenvalue weighted by atomic mass is 32.1. The fourth-order valence-electron chi connectivity index (χ4n) is 2.41. The Hall–Kier alpha value is -2.07. The molecule has 3 nitrogen and oxygen atoms in total. The molecule has 0 amide bonds. The molecule has 0 heterocycles. The van der Waals surface area contributed by atoms with Crippen molar-refractivity contribution in [1.29, 1.82) is 0 Å². The van der Waals surface area contributed by atoms with Gasteiger partial charge in [-0.3, -0.25) is 0 Å². The number of ether oxygens (including phenoxy) is 2. The van der Waals surface area contributed by atoms with Crippen LogP contribution in [0.25, 0.3) is 0 Å². The standard InChI is InChI=1S/C19H23NO2S/c1-5-15-10-14(3)18(11-13(15)2)21-12-16-8-6-7-9-17(16)22-19(23)20-4/h6-11H,5,12H2,1-4H3,(H,20,23). The minimum atomic E-state index is 0.344. The van der Waals surface area contributed by atoms with Crippen LogP contribution in [0.3, 0.4) is 0 Å².